The minimum Gasteiger partial charge on any atom is -0.349 e. The van der Waals surface area contributed by atoms with Crippen molar-refractivity contribution in [3.8, 4) is 0 Å². The molecule has 2 aromatic rings. The number of aryl methyl sites for hydroxylation is 3. The summed E-state index contributed by atoms with van der Waals surface area (Å²) in [4.78, 5) is 21.5. The highest BCUT2D eigenvalue weighted by Gasteiger charge is 2.20. The van der Waals surface area contributed by atoms with Crippen molar-refractivity contribution in [2.75, 3.05) is 0 Å². The lowest BCUT2D eigenvalue weighted by Gasteiger charge is -2.07. The normalized spacial score (nSPS) is 14.6. The minimum atomic E-state index is 0.355. The number of carbonyl (C=O) groups excluding carboxylic acids is 1. The highest BCUT2D eigenvalue weighted by atomic mass is 32.1. The van der Waals surface area contributed by atoms with Crippen molar-refractivity contribution >= 4 is 17.1 Å². The van der Waals surface area contributed by atoms with Crippen molar-refractivity contribution in [1.82, 2.24) is 9.97 Å². The molecule has 0 bridgehead atoms. The third kappa shape index (κ3) is 2.95. The molecular formula is C15H18N2OS. The first kappa shape index (κ1) is 12.6. The lowest BCUT2D eigenvalue weighted by Crippen LogP contribution is -2.06. The van der Waals surface area contributed by atoms with Crippen LogP contribution in [-0.2, 0) is 19.3 Å². The van der Waals surface area contributed by atoms with Crippen molar-refractivity contribution in [3.63, 3.8) is 0 Å². The van der Waals surface area contributed by atoms with Crippen LogP contribution in [0.5, 0.6) is 0 Å². The number of hydrogen-bond donors (Lipinski definition) is 1. The number of aromatic amines is 1. The molecule has 3 nitrogen and oxygen atoms in total. The molecular weight excluding hydrogens is 256 g/mol. The first-order valence-corrected chi connectivity index (χ1v) is 7.77. The summed E-state index contributed by atoms with van der Waals surface area (Å²) in [6.07, 6.45) is 10.9. The Balaban J connectivity index is 1.52. The van der Waals surface area contributed by atoms with Gasteiger partial charge in [0.25, 0.3) is 0 Å². The number of H-pyrrole nitrogens is 1. The van der Waals surface area contributed by atoms with Gasteiger partial charge in [-0.1, -0.05) is 0 Å². The van der Waals surface area contributed by atoms with Crippen LogP contribution >= 0.6 is 11.3 Å². The Labute approximate surface area is 117 Å². The number of thiophene rings is 1. The summed E-state index contributed by atoms with van der Waals surface area (Å²) in [6.45, 7) is 0. The highest BCUT2D eigenvalue weighted by Crippen LogP contribution is 2.30. The Morgan fingerprint density at radius 1 is 1.26 bits per heavy atom. The zero-order valence-electron chi connectivity index (χ0n) is 10.9. The molecule has 4 heteroatoms. The van der Waals surface area contributed by atoms with E-state index in [0.29, 0.717) is 5.78 Å². The number of Topliss-reactive ketones (excluding diaryl/α,β-unsaturated/α-hetero) is 1. The van der Waals surface area contributed by atoms with Gasteiger partial charge in [-0.15, -0.1) is 11.3 Å². The molecule has 0 saturated carbocycles. The average Bonchev–Trinajstić information content (AvgIpc) is 3.04. The van der Waals surface area contributed by atoms with Gasteiger partial charge in [-0.2, -0.15) is 0 Å². The first-order chi connectivity index (χ1) is 9.33. The molecule has 3 rings (SSSR count). The summed E-state index contributed by atoms with van der Waals surface area (Å²) in [6, 6.07) is 2.25. The van der Waals surface area contributed by atoms with Crippen LogP contribution in [0.4, 0.5) is 0 Å². The van der Waals surface area contributed by atoms with Gasteiger partial charge in [-0.05, 0) is 43.7 Å². The summed E-state index contributed by atoms with van der Waals surface area (Å²) in [5, 5.41) is 0. The number of nitrogens with zero attached hydrogens (tertiary/aromatic N) is 1. The summed E-state index contributed by atoms with van der Waals surface area (Å²) in [5.74, 6) is 1.42. The topological polar surface area (TPSA) is 45.8 Å². The van der Waals surface area contributed by atoms with Gasteiger partial charge in [-0.3, -0.25) is 4.79 Å². The number of fused-ring (bicyclic) bond motifs is 1. The fourth-order valence-corrected chi connectivity index (χ4v) is 3.83. The molecule has 2 heterocycles. The minimum absolute atomic E-state index is 0.355. The SMILES string of the molecule is O=C1CCCc2cc(CCCCc3ncc[nH]3)sc21. The second-order valence-corrected chi connectivity index (χ2v) is 6.22. The third-order valence-corrected chi connectivity index (χ3v) is 4.88. The molecule has 100 valence electrons. The number of hydrogen-bond acceptors (Lipinski definition) is 3. The van der Waals surface area contributed by atoms with E-state index in [2.05, 4.69) is 16.0 Å². The fraction of sp³-hybridized carbons (Fsp3) is 0.467. The maximum absolute atomic E-state index is 11.8. The summed E-state index contributed by atoms with van der Waals surface area (Å²) < 4.78 is 0. The molecule has 0 spiro atoms. The molecule has 0 fully saturated rings. The molecule has 0 aliphatic heterocycles. The second-order valence-electron chi connectivity index (χ2n) is 5.09. The molecule has 0 aromatic carbocycles. The van der Waals surface area contributed by atoms with E-state index in [1.165, 1.54) is 10.4 Å². The summed E-state index contributed by atoms with van der Waals surface area (Å²) >= 11 is 1.72. The number of rotatable bonds is 5. The predicted octanol–water partition coefficient (Wildman–Crippen LogP) is 3.56. The van der Waals surface area contributed by atoms with Crippen LogP contribution in [0, 0.1) is 0 Å². The molecule has 1 aliphatic carbocycles. The highest BCUT2D eigenvalue weighted by molar-refractivity contribution is 7.14. The largest absolute Gasteiger partial charge is 0.349 e. The molecule has 19 heavy (non-hydrogen) atoms. The second kappa shape index (κ2) is 5.70. The van der Waals surface area contributed by atoms with E-state index in [-0.39, 0.29) is 0 Å². The molecule has 0 atom stereocenters. The molecule has 0 radical (unpaired) electrons. The van der Waals surface area contributed by atoms with Crippen molar-refractivity contribution in [1.29, 1.82) is 0 Å². The smallest absolute Gasteiger partial charge is 0.173 e. The van der Waals surface area contributed by atoms with Gasteiger partial charge in [0, 0.05) is 30.1 Å². The zero-order valence-corrected chi connectivity index (χ0v) is 11.8. The first-order valence-electron chi connectivity index (χ1n) is 6.96. The van der Waals surface area contributed by atoms with E-state index in [9.17, 15) is 4.79 Å². The van der Waals surface area contributed by atoms with Crippen LogP contribution in [0.15, 0.2) is 18.5 Å². The zero-order chi connectivity index (χ0) is 13.1. The van der Waals surface area contributed by atoms with Crippen LogP contribution < -0.4 is 0 Å². The molecule has 2 aromatic heterocycles. The number of aromatic nitrogens is 2. The Hall–Kier alpha value is -1.42. The van der Waals surface area contributed by atoms with Crippen molar-refractivity contribution in [3.05, 3.63) is 39.6 Å². The van der Waals surface area contributed by atoms with E-state index >= 15 is 0 Å². The third-order valence-electron chi connectivity index (χ3n) is 3.60. The number of unbranched alkanes of at least 4 members (excludes halogenated alkanes) is 1. The van der Waals surface area contributed by atoms with Gasteiger partial charge < -0.3 is 4.98 Å². The quantitative estimate of drug-likeness (QED) is 0.847. The number of nitrogens with one attached hydrogen (secondary N) is 1. The van der Waals surface area contributed by atoms with Crippen LogP contribution in [-0.4, -0.2) is 15.8 Å². The Morgan fingerprint density at radius 2 is 2.16 bits per heavy atom. The van der Waals surface area contributed by atoms with Crippen LogP contribution in [0.1, 0.15) is 51.6 Å². The molecule has 1 N–H and O–H groups in total. The van der Waals surface area contributed by atoms with E-state index in [1.54, 1.807) is 17.5 Å². The summed E-state index contributed by atoms with van der Waals surface area (Å²) in [7, 11) is 0. The lowest BCUT2D eigenvalue weighted by atomic mass is 9.98. The lowest BCUT2D eigenvalue weighted by molar-refractivity contribution is 0.0977. The van der Waals surface area contributed by atoms with E-state index in [0.717, 1.165) is 55.6 Å². The average molecular weight is 274 g/mol. The fourth-order valence-electron chi connectivity index (χ4n) is 2.61. The van der Waals surface area contributed by atoms with E-state index in [4.69, 9.17) is 0 Å². The van der Waals surface area contributed by atoms with E-state index < -0.39 is 0 Å². The van der Waals surface area contributed by atoms with Crippen molar-refractivity contribution < 1.29 is 4.79 Å². The molecule has 1 aliphatic rings. The number of imidazole rings is 1. The van der Waals surface area contributed by atoms with Crippen LogP contribution in [0.2, 0.25) is 0 Å². The number of ketones is 1. The maximum Gasteiger partial charge on any atom is 0.173 e. The monoisotopic (exact) mass is 274 g/mol. The van der Waals surface area contributed by atoms with Crippen molar-refractivity contribution in [2.24, 2.45) is 0 Å². The van der Waals surface area contributed by atoms with Crippen molar-refractivity contribution in [2.45, 2.75) is 44.9 Å². The van der Waals surface area contributed by atoms with Gasteiger partial charge >= 0.3 is 0 Å². The van der Waals surface area contributed by atoms with Gasteiger partial charge in [0.1, 0.15) is 5.82 Å². The Bertz CT molecular complexity index is 557. The van der Waals surface area contributed by atoms with Crippen LogP contribution in [0.3, 0.4) is 0 Å². The standard InChI is InChI=1S/C15H18N2OS/c18-13-6-3-4-11-10-12(19-15(11)13)5-1-2-7-14-16-8-9-17-14/h8-10H,1-7H2,(H,16,17). The Morgan fingerprint density at radius 3 is 2.95 bits per heavy atom. The molecule has 0 amide bonds. The van der Waals surface area contributed by atoms with E-state index in [1.807, 2.05) is 6.20 Å². The maximum atomic E-state index is 11.8. The van der Waals surface area contributed by atoms with Gasteiger partial charge in [0.2, 0.25) is 0 Å². The Kier molecular flexibility index (Phi) is 3.78. The molecule has 0 unspecified atom stereocenters. The summed E-state index contributed by atoms with van der Waals surface area (Å²) in [5.41, 5.74) is 1.29. The molecule has 0 saturated heterocycles. The predicted molar refractivity (Wildman–Crippen MR) is 76.8 cm³/mol. The number of carbonyl (C=O) groups is 1. The van der Waals surface area contributed by atoms with Gasteiger partial charge in [-0.25, -0.2) is 4.98 Å². The van der Waals surface area contributed by atoms with Gasteiger partial charge in [0.05, 0.1) is 4.88 Å². The van der Waals surface area contributed by atoms with Gasteiger partial charge in [0.15, 0.2) is 5.78 Å². The van der Waals surface area contributed by atoms with Crippen LogP contribution in [0.25, 0.3) is 0 Å².